The highest BCUT2D eigenvalue weighted by Crippen LogP contribution is 2.29. The number of nitrogens with two attached hydrogens (primary N) is 1. The second kappa shape index (κ2) is 7.30. The largest absolute Gasteiger partial charge is 0.369 e. The SMILES string of the molecule is NC(=O)C1CCCN(C(=O)C(c2ccccc2)c2ccccc2)C1. The minimum absolute atomic E-state index is 0.0401. The molecule has 1 fully saturated rings. The van der Waals surface area contributed by atoms with E-state index in [-0.39, 0.29) is 23.7 Å². The molecule has 4 heteroatoms. The van der Waals surface area contributed by atoms with Gasteiger partial charge in [-0.05, 0) is 24.0 Å². The van der Waals surface area contributed by atoms with E-state index in [1.165, 1.54) is 0 Å². The summed E-state index contributed by atoms with van der Waals surface area (Å²) in [5, 5.41) is 0. The molecule has 1 aliphatic rings. The third kappa shape index (κ3) is 3.48. The van der Waals surface area contributed by atoms with E-state index in [9.17, 15) is 9.59 Å². The predicted octanol–water partition coefficient (Wildman–Crippen LogP) is 2.54. The van der Waals surface area contributed by atoms with Crippen molar-refractivity contribution in [3.63, 3.8) is 0 Å². The Labute approximate surface area is 142 Å². The highest BCUT2D eigenvalue weighted by atomic mass is 16.2. The molecule has 1 heterocycles. The fourth-order valence-electron chi connectivity index (χ4n) is 3.36. The number of hydrogen-bond acceptors (Lipinski definition) is 2. The van der Waals surface area contributed by atoms with E-state index in [1.54, 1.807) is 4.90 Å². The van der Waals surface area contributed by atoms with E-state index >= 15 is 0 Å². The van der Waals surface area contributed by atoms with E-state index in [1.807, 2.05) is 60.7 Å². The minimum Gasteiger partial charge on any atom is -0.369 e. The van der Waals surface area contributed by atoms with Gasteiger partial charge < -0.3 is 10.6 Å². The summed E-state index contributed by atoms with van der Waals surface area (Å²) in [6.07, 6.45) is 1.58. The second-order valence-electron chi connectivity index (χ2n) is 6.28. The lowest BCUT2D eigenvalue weighted by Gasteiger charge is -2.34. The molecule has 0 aromatic heterocycles. The zero-order valence-corrected chi connectivity index (χ0v) is 13.6. The Kier molecular flexibility index (Phi) is 4.94. The molecule has 2 aromatic carbocycles. The molecule has 0 aliphatic carbocycles. The van der Waals surface area contributed by atoms with Crippen LogP contribution >= 0.6 is 0 Å². The highest BCUT2D eigenvalue weighted by molar-refractivity contribution is 5.88. The molecule has 2 amide bonds. The lowest BCUT2D eigenvalue weighted by atomic mass is 9.88. The molecule has 1 aliphatic heterocycles. The maximum Gasteiger partial charge on any atom is 0.234 e. The molecule has 24 heavy (non-hydrogen) atoms. The first kappa shape index (κ1) is 16.2. The summed E-state index contributed by atoms with van der Waals surface area (Å²) in [6, 6.07) is 19.6. The molecule has 1 unspecified atom stereocenters. The van der Waals surface area contributed by atoms with Crippen molar-refractivity contribution in [3.8, 4) is 0 Å². The molecular weight excluding hydrogens is 300 g/mol. The van der Waals surface area contributed by atoms with Gasteiger partial charge in [0.1, 0.15) is 0 Å². The van der Waals surface area contributed by atoms with E-state index < -0.39 is 0 Å². The maximum absolute atomic E-state index is 13.2. The third-order valence-electron chi connectivity index (χ3n) is 4.65. The lowest BCUT2D eigenvalue weighted by Crippen LogP contribution is -2.46. The molecule has 2 N–H and O–H groups in total. The van der Waals surface area contributed by atoms with Crippen molar-refractivity contribution in [2.75, 3.05) is 13.1 Å². The first-order valence-corrected chi connectivity index (χ1v) is 8.35. The molecule has 0 bridgehead atoms. The third-order valence-corrected chi connectivity index (χ3v) is 4.65. The average molecular weight is 322 g/mol. The van der Waals surface area contributed by atoms with Crippen LogP contribution < -0.4 is 5.73 Å². The van der Waals surface area contributed by atoms with Crippen LogP contribution in [0.3, 0.4) is 0 Å². The normalized spacial score (nSPS) is 17.7. The van der Waals surface area contributed by atoms with Crippen molar-refractivity contribution < 1.29 is 9.59 Å². The van der Waals surface area contributed by atoms with E-state index in [0.29, 0.717) is 13.1 Å². The minimum atomic E-state index is -0.348. The first-order chi connectivity index (χ1) is 11.7. The zero-order valence-electron chi connectivity index (χ0n) is 13.6. The molecule has 124 valence electrons. The Hall–Kier alpha value is -2.62. The van der Waals surface area contributed by atoms with E-state index in [2.05, 4.69) is 0 Å². The predicted molar refractivity (Wildman–Crippen MR) is 93.2 cm³/mol. The zero-order chi connectivity index (χ0) is 16.9. The summed E-state index contributed by atoms with van der Waals surface area (Å²) < 4.78 is 0. The van der Waals surface area contributed by atoms with Crippen LogP contribution in [0, 0.1) is 5.92 Å². The molecule has 2 aromatic rings. The number of likely N-dealkylation sites (tertiary alicyclic amines) is 1. The summed E-state index contributed by atoms with van der Waals surface area (Å²) in [5.41, 5.74) is 7.39. The Morgan fingerprint density at radius 1 is 0.958 bits per heavy atom. The van der Waals surface area contributed by atoms with Crippen LogP contribution in [-0.4, -0.2) is 29.8 Å². The number of primary amides is 1. The smallest absolute Gasteiger partial charge is 0.234 e. The maximum atomic E-state index is 13.2. The van der Waals surface area contributed by atoms with Gasteiger partial charge in [-0.3, -0.25) is 9.59 Å². The molecule has 0 radical (unpaired) electrons. The van der Waals surface area contributed by atoms with Crippen molar-refractivity contribution in [2.24, 2.45) is 11.7 Å². The number of benzene rings is 2. The summed E-state index contributed by atoms with van der Waals surface area (Å²) in [5.74, 6) is -0.865. The van der Waals surface area contributed by atoms with Crippen molar-refractivity contribution in [3.05, 3.63) is 71.8 Å². The van der Waals surface area contributed by atoms with E-state index in [0.717, 1.165) is 24.0 Å². The Balaban J connectivity index is 1.91. The van der Waals surface area contributed by atoms with Gasteiger partial charge in [-0.1, -0.05) is 60.7 Å². The van der Waals surface area contributed by atoms with Crippen molar-refractivity contribution >= 4 is 11.8 Å². The van der Waals surface area contributed by atoms with Crippen LogP contribution in [0.25, 0.3) is 0 Å². The molecule has 0 saturated carbocycles. The van der Waals surface area contributed by atoms with Crippen LogP contribution in [-0.2, 0) is 9.59 Å². The molecular formula is C20H22N2O2. The van der Waals surface area contributed by atoms with Crippen LogP contribution in [0.2, 0.25) is 0 Å². The number of nitrogens with zero attached hydrogens (tertiary/aromatic N) is 1. The number of carbonyl (C=O) groups excluding carboxylic acids is 2. The van der Waals surface area contributed by atoms with Gasteiger partial charge >= 0.3 is 0 Å². The first-order valence-electron chi connectivity index (χ1n) is 8.35. The van der Waals surface area contributed by atoms with Gasteiger partial charge in [0, 0.05) is 13.1 Å². The van der Waals surface area contributed by atoms with Crippen LogP contribution in [0.1, 0.15) is 29.9 Å². The van der Waals surface area contributed by atoms with Gasteiger partial charge in [0.15, 0.2) is 0 Å². The summed E-state index contributed by atoms with van der Waals surface area (Å²) in [4.78, 5) is 26.6. The molecule has 3 rings (SSSR count). The second-order valence-corrected chi connectivity index (χ2v) is 6.28. The quantitative estimate of drug-likeness (QED) is 0.940. The van der Waals surface area contributed by atoms with Gasteiger partial charge in [-0.25, -0.2) is 0 Å². The van der Waals surface area contributed by atoms with Gasteiger partial charge in [0.25, 0.3) is 0 Å². The van der Waals surface area contributed by atoms with Crippen molar-refractivity contribution in [1.29, 1.82) is 0 Å². The highest BCUT2D eigenvalue weighted by Gasteiger charge is 2.32. The lowest BCUT2D eigenvalue weighted by molar-refractivity contribution is -0.135. The van der Waals surface area contributed by atoms with Crippen molar-refractivity contribution in [1.82, 2.24) is 4.90 Å². The Morgan fingerprint density at radius 2 is 1.50 bits per heavy atom. The van der Waals surface area contributed by atoms with Crippen molar-refractivity contribution in [2.45, 2.75) is 18.8 Å². The molecule has 4 nitrogen and oxygen atoms in total. The molecule has 0 spiro atoms. The number of piperidine rings is 1. The number of carbonyl (C=O) groups is 2. The Morgan fingerprint density at radius 3 is 2.00 bits per heavy atom. The summed E-state index contributed by atoms with van der Waals surface area (Å²) in [7, 11) is 0. The monoisotopic (exact) mass is 322 g/mol. The topological polar surface area (TPSA) is 63.4 Å². The number of amides is 2. The van der Waals surface area contributed by atoms with Crippen LogP contribution in [0.4, 0.5) is 0 Å². The summed E-state index contributed by atoms with van der Waals surface area (Å²) in [6.45, 7) is 1.10. The fourth-order valence-corrected chi connectivity index (χ4v) is 3.36. The molecule has 1 atom stereocenters. The molecule has 1 saturated heterocycles. The van der Waals surface area contributed by atoms with Gasteiger partial charge in [0.2, 0.25) is 11.8 Å². The average Bonchev–Trinajstić information content (AvgIpc) is 2.64. The van der Waals surface area contributed by atoms with Gasteiger partial charge in [-0.2, -0.15) is 0 Å². The van der Waals surface area contributed by atoms with Gasteiger partial charge in [-0.15, -0.1) is 0 Å². The van der Waals surface area contributed by atoms with E-state index in [4.69, 9.17) is 5.73 Å². The van der Waals surface area contributed by atoms with Gasteiger partial charge in [0.05, 0.1) is 11.8 Å². The van der Waals surface area contributed by atoms with Crippen LogP contribution in [0.15, 0.2) is 60.7 Å². The number of rotatable bonds is 4. The number of hydrogen-bond donors (Lipinski definition) is 1. The standard InChI is InChI=1S/C20H22N2O2/c21-19(23)17-12-7-13-22(14-17)20(24)18(15-8-3-1-4-9-15)16-10-5-2-6-11-16/h1-6,8-11,17-18H,7,12-14H2,(H2,21,23). The fraction of sp³-hybridized carbons (Fsp3) is 0.300. The Bertz CT molecular complexity index is 661. The van der Waals surface area contributed by atoms with Crippen LogP contribution in [0.5, 0.6) is 0 Å². The summed E-state index contributed by atoms with van der Waals surface area (Å²) >= 11 is 0.